The van der Waals surface area contributed by atoms with Gasteiger partial charge < -0.3 is 10.4 Å². The Balaban J connectivity index is 1.84. The zero-order valence-electron chi connectivity index (χ0n) is 10.7. The van der Waals surface area contributed by atoms with Crippen LogP contribution < -0.4 is 5.32 Å². The lowest BCUT2D eigenvalue weighted by Crippen LogP contribution is -2.17. The first-order chi connectivity index (χ1) is 9.16. The molecule has 1 aromatic heterocycles. The van der Waals surface area contributed by atoms with Gasteiger partial charge in [-0.2, -0.15) is 0 Å². The number of carbonyl (C=O) groups is 1. The number of aryl methyl sites for hydroxylation is 1. The largest absolute Gasteiger partial charge is 0.478 e. The van der Waals surface area contributed by atoms with Gasteiger partial charge in [0.05, 0.1) is 5.56 Å². The minimum Gasteiger partial charge on any atom is -0.478 e. The van der Waals surface area contributed by atoms with Crippen molar-refractivity contribution in [1.82, 2.24) is 10.3 Å². The Bertz CT molecular complexity index is 566. The molecule has 1 aromatic carbocycles. The first-order valence-corrected chi connectivity index (χ1v) is 6.97. The molecule has 0 aliphatic rings. The van der Waals surface area contributed by atoms with E-state index >= 15 is 0 Å². The quantitative estimate of drug-likeness (QED) is 0.796. The van der Waals surface area contributed by atoms with Crippen molar-refractivity contribution in [1.29, 1.82) is 0 Å². The molecule has 0 aliphatic carbocycles. The molecule has 100 valence electrons. The smallest absolute Gasteiger partial charge is 0.335 e. The summed E-state index contributed by atoms with van der Waals surface area (Å²) in [5.74, 6) is -0.869. The van der Waals surface area contributed by atoms with Gasteiger partial charge in [-0.1, -0.05) is 18.2 Å². The zero-order chi connectivity index (χ0) is 13.7. The van der Waals surface area contributed by atoms with E-state index in [1.165, 1.54) is 0 Å². The number of thiazole rings is 1. The highest BCUT2D eigenvalue weighted by Gasteiger charge is 2.08. The number of rotatable bonds is 6. The van der Waals surface area contributed by atoms with Gasteiger partial charge in [0.1, 0.15) is 5.01 Å². The molecule has 4 nitrogen and oxygen atoms in total. The third kappa shape index (κ3) is 3.87. The number of aromatic carboxylic acids is 1. The summed E-state index contributed by atoms with van der Waals surface area (Å²) < 4.78 is 0. The third-order valence-electron chi connectivity index (χ3n) is 2.76. The van der Waals surface area contributed by atoms with Crippen LogP contribution in [0.3, 0.4) is 0 Å². The Labute approximate surface area is 116 Å². The van der Waals surface area contributed by atoms with Gasteiger partial charge in [0.15, 0.2) is 0 Å². The van der Waals surface area contributed by atoms with Gasteiger partial charge in [-0.05, 0) is 31.5 Å². The normalized spacial score (nSPS) is 10.6. The van der Waals surface area contributed by atoms with Crippen LogP contribution in [-0.4, -0.2) is 22.6 Å². The molecule has 1 heterocycles. The van der Waals surface area contributed by atoms with Crippen molar-refractivity contribution >= 4 is 17.3 Å². The van der Waals surface area contributed by atoms with Crippen LogP contribution in [0.15, 0.2) is 29.6 Å². The Morgan fingerprint density at radius 1 is 1.42 bits per heavy atom. The fourth-order valence-corrected chi connectivity index (χ4v) is 2.59. The molecule has 2 N–H and O–H groups in total. The van der Waals surface area contributed by atoms with Gasteiger partial charge in [0.25, 0.3) is 0 Å². The molecule has 5 heteroatoms. The van der Waals surface area contributed by atoms with Crippen molar-refractivity contribution in [3.05, 3.63) is 51.5 Å². The highest BCUT2D eigenvalue weighted by Crippen LogP contribution is 2.10. The van der Waals surface area contributed by atoms with Crippen LogP contribution >= 0.6 is 11.3 Å². The number of nitrogens with one attached hydrogen (secondary N) is 1. The van der Waals surface area contributed by atoms with Crippen LogP contribution in [0, 0.1) is 6.92 Å². The summed E-state index contributed by atoms with van der Waals surface area (Å²) in [6, 6.07) is 7.12. The molecule has 0 saturated heterocycles. The Morgan fingerprint density at radius 2 is 2.21 bits per heavy atom. The zero-order valence-corrected chi connectivity index (χ0v) is 11.5. The molecule has 2 aromatic rings. The van der Waals surface area contributed by atoms with Crippen LogP contribution in [0.4, 0.5) is 0 Å². The minimum atomic E-state index is -0.869. The summed E-state index contributed by atoms with van der Waals surface area (Å²) in [6.07, 6.45) is 0.701. The minimum absolute atomic E-state index is 0.384. The van der Waals surface area contributed by atoms with Gasteiger partial charge in [0.2, 0.25) is 0 Å². The lowest BCUT2D eigenvalue weighted by molar-refractivity contribution is 0.0695. The molecule has 0 radical (unpaired) electrons. The fraction of sp³-hybridized carbons (Fsp3) is 0.286. The van der Waals surface area contributed by atoms with Gasteiger partial charge in [0, 0.05) is 17.6 Å². The van der Waals surface area contributed by atoms with Crippen molar-refractivity contribution in [3.63, 3.8) is 0 Å². The Kier molecular flexibility index (Phi) is 4.65. The standard InChI is InChI=1S/C14H16N2O2S/c1-10-9-19-13(16-10)8-15-7-6-11-4-2-3-5-12(11)14(17)18/h2-5,9,15H,6-8H2,1H3,(H,17,18). The molecule has 0 fully saturated rings. The average Bonchev–Trinajstić information content (AvgIpc) is 2.81. The molecule has 0 amide bonds. The maximum absolute atomic E-state index is 11.0. The molecule has 19 heavy (non-hydrogen) atoms. The number of aromatic nitrogens is 1. The number of hydrogen-bond donors (Lipinski definition) is 2. The Morgan fingerprint density at radius 3 is 2.89 bits per heavy atom. The van der Waals surface area contributed by atoms with Crippen molar-refractivity contribution < 1.29 is 9.90 Å². The maximum atomic E-state index is 11.0. The van der Waals surface area contributed by atoms with Gasteiger partial charge in [-0.3, -0.25) is 0 Å². The molecule has 0 aliphatic heterocycles. The first kappa shape index (κ1) is 13.7. The highest BCUT2D eigenvalue weighted by molar-refractivity contribution is 7.09. The van der Waals surface area contributed by atoms with E-state index in [-0.39, 0.29) is 0 Å². The molecule has 0 bridgehead atoms. The van der Waals surface area contributed by atoms with E-state index in [1.54, 1.807) is 23.5 Å². The number of hydrogen-bond acceptors (Lipinski definition) is 4. The summed E-state index contributed by atoms with van der Waals surface area (Å²) in [5.41, 5.74) is 2.28. The van der Waals surface area contributed by atoms with E-state index in [1.807, 2.05) is 24.4 Å². The first-order valence-electron chi connectivity index (χ1n) is 6.10. The number of carboxylic acids is 1. The van der Waals surface area contributed by atoms with Gasteiger partial charge in [-0.25, -0.2) is 9.78 Å². The number of benzene rings is 1. The summed E-state index contributed by atoms with van der Waals surface area (Å²) in [6.45, 7) is 3.44. The van der Waals surface area contributed by atoms with Crippen molar-refractivity contribution in [3.8, 4) is 0 Å². The van der Waals surface area contributed by atoms with E-state index in [9.17, 15) is 4.79 Å². The van der Waals surface area contributed by atoms with Crippen LogP contribution in [0.1, 0.15) is 26.6 Å². The summed E-state index contributed by atoms with van der Waals surface area (Å²) in [4.78, 5) is 15.4. The third-order valence-corrected chi connectivity index (χ3v) is 3.73. The second kappa shape index (κ2) is 6.45. The number of nitrogens with zero attached hydrogens (tertiary/aromatic N) is 1. The lowest BCUT2D eigenvalue weighted by atomic mass is 10.0. The summed E-state index contributed by atoms with van der Waals surface area (Å²) in [5, 5.41) is 15.4. The highest BCUT2D eigenvalue weighted by atomic mass is 32.1. The molecule has 0 spiro atoms. The molecular formula is C14H16N2O2S. The van der Waals surface area contributed by atoms with Crippen molar-refractivity contribution in [2.75, 3.05) is 6.54 Å². The molecule has 0 atom stereocenters. The topological polar surface area (TPSA) is 62.2 Å². The van der Waals surface area contributed by atoms with E-state index < -0.39 is 5.97 Å². The van der Waals surface area contributed by atoms with Crippen molar-refractivity contribution in [2.24, 2.45) is 0 Å². The Hall–Kier alpha value is -1.72. The van der Waals surface area contributed by atoms with Crippen LogP contribution in [0.2, 0.25) is 0 Å². The van der Waals surface area contributed by atoms with E-state index in [0.717, 1.165) is 29.4 Å². The maximum Gasteiger partial charge on any atom is 0.335 e. The van der Waals surface area contributed by atoms with Crippen LogP contribution in [0.5, 0.6) is 0 Å². The lowest BCUT2D eigenvalue weighted by Gasteiger charge is -2.06. The second-order valence-electron chi connectivity index (χ2n) is 4.27. The summed E-state index contributed by atoms with van der Waals surface area (Å²) in [7, 11) is 0. The predicted octanol–water partition coefficient (Wildman–Crippen LogP) is 2.48. The molecule has 2 rings (SSSR count). The van der Waals surface area contributed by atoms with E-state index in [2.05, 4.69) is 10.3 Å². The average molecular weight is 276 g/mol. The summed E-state index contributed by atoms with van der Waals surface area (Å²) >= 11 is 1.64. The van der Waals surface area contributed by atoms with Gasteiger partial charge in [-0.15, -0.1) is 11.3 Å². The monoisotopic (exact) mass is 276 g/mol. The van der Waals surface area contributed by atoms with E-state index in [0.29, 0.717) is 12.0 Å². The molecule has 0 saturated carbocycles. The second-order valence-corrected chi connectivity index (χ2v) is 5.21. The number of carboxylic acid groups (broad SMARTS) is 1. The predicted molar refractivity (Wildman–Crippen MR) is 75.7 cm³/mol. The van der Waals surface area contributed by atoms with Crippen molar-refractivity contribution in [2.45, 2.75) is 19.9 Å². The molecular weight excluding hydrogens is 260 g/mol. The van der Waals surface area contributed by atoms with Gasteiger partial charge >= 0.3 is 5.97 Å². The fourth-order valence-electron chi connectivity index (χ4n) is 1.85. The van der Waals surface area contributed by atoms with Crippen LogP contribution in [0.25, 0.3) is 0 Å². The van der Waals surface area contributed by atoms with Crippen LogP contribution in [-0.2, 0) is 13.0 Å². The SMILES string of the molecule is Cc1csc(CNCCc2ccccc2C(=O)O)n1. The molecule has 0 unspecified atom stereocenters. The van der Waals surface area contributed by atoms with E-state index in [4.69, 9.17) is 5.11 Å².